The summed E-state index contributed by atoms with van der Waals surface area (Å²) < 4.78 is 10.5. The van der Waals surface area contributed by atoms with Crippen LogP contribution in [0.2, 0.25) is 0 Å². The Kier molecular flexibility index (Phi) is 3.90. The molecule has 72 valence electrons. The van der Waals surface area contributed by atoms with Crippen LogP contribution in [0.1, 0.15) is 13.8 Å². The Morgan fingerprint density at radius 3 is 1.92 bits per heavy atom. The first kappa shape index (κ1) is 11.6. The molecule has 6 heteroatoms. The van der Waals surface area contributed by atoms with Gasteiger partial charge in [0, 0.05) is 0 Å². The molecule has 0 aromatic heterocycles. The Hall–Kier alpha value is -0.380. The summed E-state index contributed by atoms with van der Waals surface area (Å²) in [7, 11) is -4.21. The van der Waals surface area contributed by atoms with Gasteiger partial charge in [-0.15, -0.1) is 0 Å². The maximum Gasteiger partial charge on any atom is 0.326 e. The predicted octanol–water partition coefficient (Wildman–Crippen LogP) is 0.521. The summed E-state index contributed by atoms with van der Waals surface area (Å²) in [4.78, 5) is 27.5. The molecule has 0 saturated carbocycles. The first-order chi connectivity index (χ1) is 5.24. The summed E-state index contributed by atoms with van der Waals surface area (Å²) in [6.07, 6.45) is -0.583. The van der Waals surface area contributed by atoms with Crippen LogP contribution < -0.4 is 0 Å². The molecule has 5 nitrogen and oxygen atoms in total. The molecule has 1 unspecified atom stereocenters. The lowest BCUT2D eigenvalue weighted by Gasteiger charge is -2.16. The van der Waals surface area contributed by atoms with Crippen molar-refractivity contribution < 1.29 is 24.3 Å². The van der Waals surface area contributed by atoms with Gasteiger partial charge in [-0.2, -0.15) is 0 Å². The van der Waals surface area contributed by atoms with E-state index in [2.05, 4.69) is 0 Å². The third-order valence-corrected chi connectivity index (χ3v) is 2.43. The van der Waals surface area contributed by atoms with Crippen LogP contribution in [-0.2, 0) is 9.36 Å². The molecule has 0 amide bonds. The van der Waals surface area contributed by atoms with Crippen LogP contribution in [0.5, 0.6) is 0 Å². The molecular weight excluding hydrogens is 183 g/mol. The van der Waals surface area contributed by atoms with Crippen LogP contribution in [0.15, 0.2) is 0 Å². The molecule has 0 spiro atoms. The third-order valence-electron chi connectivity index (χ3n) is 1.56. The van der Waals surface area contributed by atoms with Crippen LogP contribution in [0, 0.1) is 11.8 Å². The molecule has 1 atom stereocenters. The van der Waals surface area contributed by atoms with Crippen molar-refractivity contribution >= 4 is 13.6 Å². The quantitative estimate of drug-likeness (QED) is 0.570. The van der Waals surface area contributed by atoms with Crippen molar-refractivity contribution in [2.75, 3.05) is 6.16 Å². The Morgan fingerprint density at radius 1 is 1.42 bits per heavy atom. The van der Waals surface area contributed by atoms with E-state index >= 15 is 0 Å². The number of carbonyl (C=O) groups is 1. The van der Waals surface area contributed by atoms with E-state index in [-0.39, 0.29) is 5.92 Å². The van der Waals surface area contributed by atoms with Crippen molar-refractivity contribution in [3.63, 3.8) is 0 Å². The summed E-state index contributed by atoms with van der Waals surface area (Å²) >= 11 is 0. The Balaban J connectivity index is 4.35. The highest BCUT2D eigenvalue weighted by atomic mass is 31.2. The fourth-order valence-corrected chi connectivity index (χ4v) is 1.92. The lowest BCUT2D eigenvalue weighted by molar-refractivity contribution is -0.142. The molecule has 0 fully saturated rings. The van der Waals surface area contributed by atoms with Crippen molar-refractivity contribution in [3.8, 4) is 0 Å². The molecule has 0 aromatic rings. The van der Waals surface area contributed by atoms with Crippen molar-refractivity contribution in [2.45, 2.75) is 13.8 Å². The van der Waals surface area contributed by atoms with Crippen LogP contribution in [0.25, 0.3) is 0 Å². The van der Waals surface area contributed by atoms with Crippen LogP contribution in [0.4, 0.5) is 0 Å². The zero-order valence-electron chi connectivity index (χ0n) is 6.97. The average Bonchev–Trinajstić information content (AvgIpc) is 1.79. The maximum absolute atomic E-state index is 10.5. The van der Waals surface area contributed by atoms with E-state index in [4.69, 9.17) is 14.9 Å². The molecule has 0 aliphatic heterocycles. The molecule has 0 rings (SSSR count). The molecule has 0 aliphatic rings. The topological polar surface area (TPSA) is 94.8 Å². The standard InChI is InChI=1S/C6H13O5P/c1-4(2)5(6(7)8)3-12(9,10)11/h4-5H,3H2,1-2H3,(H,7,8)(H2,9,10,11). The molecule has 0 bridgehead atoms. The van der Waals surface area contributed by atoms with Gasteiger partial charge in [0.1, 0.15) is 0 Å². The van der Waals surface area contributed by atoms with Crippen molar-refractivity contribution in [1.82, 2.24) is 0 Å². The number of aliphatic carboxylic acids is 1. The summed E-state index contributed by atoms with van der Waals surface area (Å²) in [6, 6.07) is 0. The fraction of sp³-hybridized carbons (Fsp3) is 0.833. The van der Waals surface area contributed by atoms with Crippen LogP contribution in [-0.4, -0.2) is 27.0 Å². The predicted molar refractivity (Wildman–Crippen MR) is 42.9 cm³/mol. The van der Waals surface area contributed by atoms with Gasteiger partial charge in [-0.05, 0) is 5.92 Å². The van der Waals surface area contributed by atoms with E-state index in [9.17, 15) is 9.36 Å². The lowest BCUT2D eigenvalue weighted by Crippen LogP contribution is -2.23. The van der Waals surface area contributed by atoms with Gasteiger partial charge in [0.15, 0.2) is 0 Å². The number of hydrogen-bond donors (Lipinski definition) is 3. The Morgan fingerprint density at radius 2 is 1.83 bits per heavy atom. The van der Waals surface area contributed by atoms with E-state index in [0.717, 1.165) is 0 Å². The van der Waals surface area contributed by atoms with E-state index in [1.165, 1.54) is 0 Å². The van der Waals surface area contributed by atoms with E-state index in [1.54, 1.807) is 13.8 Å². The van der Waals surface area contributed by atoms with Gasteiger partial charge in [0.25, 0.3) is 0 Å². The molecule has 0 aromatic carbocycles. The number of hydrogen-bond acceptors (Lipinski definition) is 2. The van der Waals surface area contributed by atoms with Crippen LogP contribution >= 0.6 is 7.60 Å². The normalized spacial score (nSPS) is 14.8. The van der Waals surface area contributed by atoms with Crippen LogP contribution in [0.3, 0.4) is 0 Å². The van der Waals surface area contributed by atoms with E-state index < -0.39 is 25.6 Å². The van der Waals surface area contributed by atoms with Gasteiger partial charge in [-0.3, -0.25) is 9.36 Å². The summed E-state index contributed by atoms with van der Waals surface area (Å²) in [5.74, 6) is -2.39. The van der Waals surface area contributed by atoms with Crippen molar-refractivity contribution in [2.24, 2.45) is 11.8 Å². The van der Waals surface area contributed by atoms with Crippen molar-refractivity contribution in [3.05, 3.63) is 0 Å². The summed E-state index contributed by atoms with van der Waals surface area (Å²) in [6.45, 7) is 3.24. The molecule has 0 aliphatic carbocycles. The van der Waals surface area contributed by atoms with Gasteiger partial charge in [-0.25, -0.2) is 0 Å². The number of rotatable bonds is 4. The summed E-state index contributed by atoms with van der Waals surface area (Å²) in [5, 5.41) is 8.56. The average molecular weight is 196 g/mol. The number of carboxylic acid groups (broad SMARTS) is 1. The Labute approximate surface area is 70.6 Å². The first-order valence-corrected chi connectivity index (χ1v) is 5.31. The molecule has 0 saturated heterocycles. The molecule has 3 N–H and O–H groups in total. The van der Waals surface area contributed by atoms with Gasteiger partial charge in [0.2, 0.25) is 0 Å². The minimum atomic E-state index is -4.21. The SMILES string of the molecule is CC(C)C(CP(=O)(O)O)C(=O)O. The monoisotopic (exact) mass is 196 g/mol. The second-order valence-electron chi connectivity index (χ2n) is 3.04. The maximum atomic E-state index is 10.5. The molecule has 12 heavy (non-hydrogen) atoms. The molecule has 0 heterocycles. The smallest absolute Gasteiger partial charge is 0.326 e. The van der Waals surface area contributed by atoms with E-state index in [0.29, 0.717) is 0 Å². The van der Waals surface area contributed by atoms with Gasteiger partial charge >= 0.3 is 13.6 Å². The number of carboxylic acids is 1. The lowest BCUT2D eigenvalue weighted by atomic mass is 9.98. The largest absolute Gasteiger partial charge is 0.481 e. The zero-order chi connectivity index (χ0) is 9.94. The van der Waals surface area contributed by atoms with Crippen molar-refractivity contribution in [1.29, 1.82) is 0 Å². The van der Waals surface area contributed by atoms with Gasteiger partial charge in [0.05, 0.1) is 12.1 Å². The highest BCUT2D eigenvalue weighted by molar-refractivity contribution is 7.51. The Bertz CT molecular complexity index is 206. The second kappa shape index (κ2) is 4.03. The van der Waals surface area contributed by atoms with Gasteiger partial charge < -0.3 is 14.9 Å². The highest BCUT2D eigenvalue weighted by Crippen LogP contribution is 2.38. The minimum Gasteiger partial charge on any atom is -0.481 e. The summed E-state index contributed by atoms with van der Waals surface area (Å²) in [5.41, 5.74) is 0. The fourth-order valence-electron chi connectivity index (χ4n) is 0.830. The minimum absolute atomic E-state index is 0.268. The highest BCUT2D eigenvalue weighted by Gasteiger charge is 2.29. The molecule has 0 radical (unpaired) electrons. The van der Waals surface area contributed by atoms with Gasteiger partial charge in [-0.1, -0.05) is 13.8 Å². The third kappa shape index (κ3) is 4.49. The molecular formula is C6H13O5P. The van der Waals surface area contributed by atoms with E-state index in [1.807, 2.05) is 0 Å². The zero-order valence-corrected chi connectivity index (χ0v) is 7.86. The first-order valence-electron chi connectivity index (χ1n) is 3.51. The second-order valence-corrected chi connectivity index (χ2v) is 4.73.